The molecule has 0 atom stereocenters. The van der Waals surface area contributed by atoms with E-state index in [0.29, 0.717) is 34.1 Å². The maximum atomic E-state index is 12.7. The van der Waals surface area contributed by atoms with Crippen LogP contribution in [0.15, 0.2) is 30.3 Å². The van der Waals surface area contributed by atoms with E-state index in [1.54, 1.807) is 30.3 Å². The molecule has 2 aliphatic rings. The van der Waals surface area contributed by atoms with Gasteiger partial charge in [0, 0.05) is 16.7 Å². The normalized spacial score (nSPS) is 14.3. The molecule has 4 rings (SSSR count). The number of fused-ring (bicyclic) bond motifs is 2. The molecule has 0 spiro atoms. The molecule has 5 heteroatoms. The van der Waals surface area contributed by atoms with Crippen molar-refractivity contribution in [1.82, 2.24) is 0 Å². The van der Waals surface area contributed by atoms with Crippen molar-refractivity contribution in [3.8, 4) is 23.0 Å². The number of carbonyl (C=O) groups excluding carboxylic acids is 1. The summed E-state index contributed by atoms with van der Waals surface area (Å²) in [6.07, 6.45) is 0. The molecule has 0 aromatic heterocycles. The van der Waals surface area contributed by atoms with E-state index in [1.165, 1.54) is 0 Å². The van der Waals surface area contributed by atoms with Gasteiger partial charge in [0.15, 0.2) is 28.8 Å². The standard InChI is InChI=1S/C16H12O5/c1-9-11(3-5-13-16(9)21-8-19-13)15(17)10-2-4-12-14(6-10)20-7-18-12/h2-6H,7-8H2,1H3. The van der Waals surface area contributed by atoms with Crippen LogP contribution in [0.4, 0.5) is 0 Å². The predicted molar refractivity (Wildman–Crippen MR) is 73.3 cm³/mol. The second-order valence-corrected chi connectivity index (χ2v) is 4.87. The molecule has 2 aromatic rings. The maximum Gasteiger partial charge on any atom is 0.231 e. The van der Waals surface area contributed by atoms with E-state index in [0.717, 1.165) is 5.56 Å². The highest BCUT2D eigenvalue weighted by molar-refractivity contribution is 6.10. The largest absolute Gasteiger partial charge is 0.454 e. The molecule has 0 amide bonds. The molecule has 2 aromatic carbocycles. The lowest BCUT2D eigenvalue weighted by atomic mass is 9.98. The SMILES string of the molecule is Cc1c(C(=O)c2ccc3c(c2)OCO3)ccc2c1OCO2. The monoisotopic (exact) mass is 284 g/mol. The highest BCUT2D eigenvalue weighted by Crippen LogP contribution is 2.38. The molecule has 0 N–H and O–H groups in total. The Morgan fingerprint density at radius 1 is 0.905 bits per heavy atom. The molecule has 2 aliphatic heterocycles. The van der Waals surface area contributed by atoms with E-state index < -0.39 is 0 Å². The van der Waals surface area contributed by atoms with Gasteiger partial charge < -0.3 is 18.9 Å². The third kappa shape index (κ3) is 1.81. The van der Waals surface area contributed by atoms with Gasteiger partial charge in [-0.3, -0.25) is 4.79 Å². The molecular formula is C16H12O5. The summed E-state index contributed by atoms with van der Waals surface area (Å²) < 4.78 is 21.3. The van der Waals surface area contributed by atoms with E-state index in [9.17, 15) is 4.79 Å². The van der Waals surface area contributed by atoms with Gasteiger partial charge in [0.25, 0.3) is 0 Å². The van der Waals surface area contributed by atoms with Crippen LogP contribution in [-0.2, 0) is 0 Å². The Hall–Kier alpha value is -2.69. The molecule has 106 valence electrons. The molecule has 0 aliphatic carbocycles. The minimum absolute atomic E-state index is 0.0795. The summed E-state index contributed by atoms with van der Waals surface area (Å²) in [5.41, 5.74) is 1.94. The molecular weight excluding hydrogens is 272 g/mol. The summed E-state index contributed by atoms with van der Waals surface area (Å²) in [6, 6.07) is 8.71. The molecule has 0 saturated heterocycles. The van der Waals surface area contributed by atoms with Crippen LogP contribution in [0.25, 0.3) is 0 Å². The van der Waals surface area contributed by atoms with Crippen LogP contribution in [0, 0.1) is 6.92 Å². The van der Waals surface area contributed by atoms with Crippen molar-refractivity contribution in [2.75, 3.05) is 13.6 Å². The lowest BCUT2D eigenvalue weighted by molar-refractivity contribution is 0.103. The Bertz CT molecular complexity index is 751. The van der Waals surface area contributed by atoms with Gasteiger partial charge >= 0.3 is 0 Å². The highest BCUT2D eigenvalue weighted by Gasteiger charge is 2.23. The molecule has 0 fully saturated rings. The number of carbonyl (C=O) groups is 1. The van der Waals surface area contributed by atoms with Crippen molar-refractivity contribution in [2.45, 2.75) is 6.92 Å². The summed E-state index contributed by atoms with van der Waals surface area (Å²) >= 11 is 0. The van der Waals surface area contributed by atoms with Crippen LogP contribution < -0.4 is 18.9 Å². The summed E-state index contributed by atoms with van der Waals surface area (Å²) in [5, 5.41) is 0. The predicted octanol–water partition coefficient (Wildman–Crippen LogP) is 2.68. The maximum absolute atomic E-state index is 12.7. The van der Waals surface area contributed by atoms with E-state index >= 15 is 0 Å². The lowest BCUT2D eigenvalue weighted by Crippen LogP contribution is -2.04. The van der Waals surface area contributed by atoms with Crippen molar-refractivity contribution in [3.63, 3.8) is 0 Å². The van der Waals surface area contributed by atoms with Crippen LogP contribution in [0.5, 0.6) is 23.0 Å². The van der Waals surface area contributed by atoms with Crippen molar-refractivity contribution in [3.05, 3.63) is 47.0 Å². The molecule has 0 unspecified atom stereocenters. The van der Waals surface area contributed by atoms with E-state index in [2.05, 4.69) is 0 Å². The fourth-order valence-electron chi connectivity index (χ4n) is 2.55. The number of ketones is 1. The molecule has 0 saturated carbocycles. The summed E-state index contributed by atoms with van der Waals surface area (Å²) in [6.45, 7) is 2.24. The zero-order valence-corrected chi connectivity index (χ0v) is 11.3. The van der Waals surface area contributed by atoms with Crippen LogP contribution in [0.2, 0.25) is 0 Å². The van der Waals surface area contributed by atoms with Gasteiger partial charge in [-0.2, -0.15) is 0 Å². The molecule has 0 radical (unpaired) electrons. The zero-order chi connectivity index (χ0) is 14.4. The molecule has 0 bridgehead atoms. The second-order valence-electron chi connectivity index (χ2n) is 4.87. The number of rotatable bonds is 2. The van der Waals surface area contributed by atoms with Gasteiger partial charge in [0.2, 0.25) is 13.6 Å². The third-order valence-corrected chi connectivity index (χ3v) is 3.67. The van der Waals surface area contributed by atoms with Crippen molar-refractivity contribution >= 4 is 5.78 Å². The highest BCUT2D eigenvalue weighted by atomic mass is 16.7. The van der Waals surface area contributed by atoms with Crippen LogP contribution in [0.3, 0.4) is 0 Å². The number of benzene rings is 2. The fourth-order valence-corrected chi connectivity index (χ4v) is 2.55. The minimum Gasteiger partial charge on any atom is -0.454 e. The Labute approximate surface area is 121 Å². The fraction of sp³-hybridized carbons (Fsp3) is 0.188. The van der Waals surface area contributed by atoms with E-state index in [4.69, 9.17) is 18.9 Å². The lowest BCUT2D eigenvalue weighted by Gasteiger charge is -2.08. The van der Waals surface area contributed by atoms with Gasteiger partial charge in [-0.15, -0.1) is 0 Å². The topological polar surface area (TPSA) is 54.0 Å². The van der Waals surface area contributed by atoms with Crippen LogP contribution in [0.1, 0.15) is 21.5 Å². The second kappa shape index (κ2) is 4.41. The van der Waals surface area contributed by atoms with E-state index in [1.807, 2.05) is 6.92 Å². The quantitative estimate of drug-likeness (QED) is 0.794. The Balaban J connectivity index is 1.75. The van der Waals surface area contributed by atoms with Crippen molar-refractivity contribution in [1.29, 1.82) is 0 Å². The van der Waals surface area contributed by atoms with Gasteiger partial charge in [-0.25, -0.2) is 0 Å². The number of hydrogen-bond donors (Lipinski definition) is 0. The van der Waals surface area contributed by atoms with Crippen LogP contribution in [-0.4, -0.2) is 19.4 Å². The van der Waals surface area contributed by atoms with Gasteiger partial charge in [0.05, 0.1) is 0 Å². The summed E-state index contributed by atoms with van der Waals surface area (Å²) in [7, 11) is 0. The number of ether oxygens (including phenoxy) is 4. The van der Waals surface area contributed by atoms with Gasteiger partial charge in [-0.05, 0) is 37.3 Å². The Kier molecular flexibility index (Phi) is 2.54. The third-order valence-electron chi connectivity index (χ3n) is 3.67. The Morgan fingerprint density at radius 3 is 2.52 bits per heavy atom. The zero-order valence-electron chi connectivity index (χ0n) is 11.3. The van der Waals surface area contributed by atoms with Crippen LogP contribution >= 0.6 is 0 Å². The van der Waals surface area contributed by atoms with Gasteiger partial charge in [-0.1, -0.05) is 0 Å². The van der Waals surface area contributed by atoms with Gasteiger partial charge in [0.1, 0.15) is 0 Å². The first-order valence-corrected chi connectivity index (χ1v) is 6.57. The average Bonchev–Trinajstić information content (AvgIpc) is 3.15. The summed E-state index contributed by atoms with van der Waals surface area (Å²) in [4.78, 5) is 12.7. The first-order valence-electron chi connectivity index (χ1n) is 6.57. The molecule has 21 heavy (non-hydrogen) atoms. The summed E-state index contributed by atoms with van der Waals surface area (Å²) in [5.74, 6) is 2.49. The van der Waals surface area contributed by atoms with Crippen molar-refractivity contribution in [2.24, 2.45) is 0 Å². The van der Waals surface area contributed by atoms with Crippen molar-refractivity contribution < 1.29 is 23.7 Å². The average molecular weight is 284 g/mol. The number of hydrogen-bond acceptors (Lipinski definition) is 5. The molecule has 5 nitrogen and oxygen atoms in total. The Morgan fingerprint density at radius 2 is 1.62 bits per heavy atom. The smallest absolute Gasteiger partial charge is 0.231 e. The minimum atomic E-state index is -0.0795. The first-order chi connectivity index (χ1) is 10.2. The first kappa shape index (κ1) is 12.1. The van der Waals surface area contributed by atoms with E-state index in [-0.39, 0.29) is 19.4 Å². The molecule has 2 heterocycles.